The minimum atomic E-state index is -0.549. The summed E-state index contributed by atoms with van der Waals surface area (Å²) >= 11 is 0. The molecule has 0 atom stereocenters. The smallest absolute Gasteiger partial charge is 0.325 e. The van der Waals surface area contributed by atoms with Crippen molar-refractivity contribution in [3.63, 3.8) is 0 Å². The summed E-state index contributed by atoms with van der Waals surface area (Å²) in [5, 5.41) is 6.91. The van der Waals surface area contributed by atoms with Gasteiger partial charge in [0.25, 0.3) is 11.5 Å². The number of hydrogen-bond donors (Lipinski definition) is 3. The Labute approximate surface area is 142 Å². The number of H-pyrrole nitrogens is 2. The molecule has 1 aromatic carbocycles. The zero-order chi connectivity index (χ0) is 17.6. The first-order chi connectivity index (χ1) is 12.1. The van der Waals surface area contributed by atoms with Gasteiger partial charge in [0.15, 0.2) is 0 Å². The van der Waals surface area contributed by atoms with Crippen molar-refractivity contribution in [3.05, 3.63) is 86.5 Å². The van der Waals surface area contributed by atoms with Crippen molar-refractivity contribution in [2.75, 3.05) is 6.54 Å². The van der Waals surface area contributed by atoms with Crippen LogP contribution >= 0.6 is 0 Å². The molecule has 3 N–H and O–H groups in total. The van der Waals surface area contributed by atoms with Crippen LogP contribution in [0.2, 0.25) is 0 Å². The van der Waals surface area contributed by atoms with Gasteiger partial charge in [-0.3, -0.25) is 19.3 Å². The summed E-state index contributed by atoms with van der Waals surface area (Å²) in [6.07, 6.45) is 5.24. The highest BCUT2D eigenvalue weighted by Gasteiger charge is 2.07. The van der Waals surface area contributed by atoms with Gasteiger partial charge in [0.05, 0.1) is 6.54 Å². The van der Waals surface area contributed by atoms with Crippen LogP contribution in [0.5, 0.6) is 0 Å². The molecule has 128 valence electrons. The van der Waals surface area contributed by atoms with Crippen molar-refractivity contribution in [3.8, 4) is 0 Å². The van der Waals surface area contributed by atoms with Crippen LogP contribution < -0.4 is 16.6 Å². The Hall–Kier alpha value is -3.42. The van der Waals surface area contributed by atoms with Crippen LogP contribution in [0.25, 0.3) is 0 Å². The number of carbonyl (C=O) groups is 1. The third-order valence-electron chi connectivity index (χ3n) is 3.67. The predicted molar refractivity (Wildman–Crippen MR) is 91.5 cm³/mol. The molecule has 0 aliphatic rings. The fourth-order valence-electron chi connectivity index (χ4n) is 2.43. The van der Waals surface area contributed by atoms with Gasteiger partial charge in [-0.2, -0.15) is 5.10 Å². The number of nitrogens with one attached hydrogen (secondary N) is 3. The molecule has 0 aliphatic heterocycles. The second-order valence-corrected chi connectivity index (χ2v) is 5.51. The number of amides is 1. The summed E-state index contributed by atoms with van der Waals surface area (Å²) < 4.78 is 1.78. The lowest BCUT2D eigenvalue weighted by Gasteiger charge is -2.07. The van der Waals surface area contributed by atoms with E-state index in [1.807, 2.05) is 30.5 Å². The van der Waals surface area contributed by atoms with E-state index in [2.05, 4.69) is 20.4 Å². The molecule has 8 nitrogen and oxygen atoms in total. The first kappa shape index (κ1) is 16.4. The first-order valence-electron chi connectivity index (χ1n) is 7.77. The highest BCUT2D eigenvalue weighted by atomic mass is 16.2. The number of nitrogens with zero attached hydrogens (tertiary/aromatic N) is 2. The van der Waals surface area contributed by atoms with Crippen LogP contribution in [-0.2, 0) is 13.0 Å². The molecular formula is C17H17N5O3. The van der Waals surface area contributed by atoms with Gasteiger partial charge in [-0.05, 0) is 30.2 Å². The third kappa shape index (κ3) is 4.31. The molecule has 0 saturated carbocycles. The van der Waals surface area contributed by atoms with Crippen molar-refractivity contribution in [2.24, 2.45) is 0 Å². The van der Waals surface area contributed by atoms with Crippen LogP contribution in [0.4, 0.5) is 0 Å². The molecule has 0 aliphatic carbocycles. The van der Waals surface area contributed by atoms with Crippen LogP contribution in [0.3, 0.4) is 0 Å². The maximum Gasteiger partial charge on any atom is 0.325 e. The lowest BCUT2D eigenvalue weighted by molar-refractivity contribution is 0.0954. The van der Waals surface area contributed by atoms with Crippen LogP contribution in [0.15, 0.2) is 58.5 Å². The molecule has 3 rings (SSSR count). The minimum Gasteiger partial charge on any atom is -0.352 e. The minimum absolute atomic E-state index is 0.219. The van der Waals surface area contributed by atoms with Crippen LogP contribution in [0.1, 0.15) is 21.5 Å². The molecule has 0 spiro atoms. The number of aromatic amines is 2. The Morgan fingerprint density at radius 3 is 2.88 bits per heavy atom. The van der Waals surface area contributed by atoms with E-state index in [0.717, 1.165) is 5.56 Å². The molecule has 1 amide bonds. The van der Waals surface area contributed by atoms with Crippen molar-refractivity contribution < 1.29 is 4.79 Å². The van der Waals surface area contributed by atoms with E-state index in [9.17, 15) is 14.4 Å². The van der Waals surface area contributed by atoms with E-state index >= 15 is 0 Å². The van der Waals surface area contributed by atoms with Crippen LogP contribution in [0, 0.1) is 0 Å². The maximum absolute atomic E-state index is 12.3. The number of aromatic nitrogens is 4. The van der Waals surface area contributed by atoms with E-state index in [-0.39, 0.29) is 12.5 Å². The summed E-state index contributed by atoms with van der Waals surface area (Å²) in [7, 11) is 0. The van der Waals surface area contributed by atoms with Crippen LogP contribution in [-0.4, -0.2) is 32.2 Å². The highest BCUT2D eigenvalue weighted by molar-refractivity contribution is 5.94. The number of benzene rings is 1. The fraction of sp³-hybridized carbons (Fsp3) is 0.176. The summed E-state index contributed by atoms with van der Waals surface area (Å²) in [5.41, 5.74) is 0.923. The lowest BCUT2D eigenvalue weighted by atomic mass is 10.1. The SMILES string of the molecule is O=C(NCCc1c[nH]c(=O)[nH]c1=O)c1cccc(Cn2cccn2)c1. The van der Waals surface area contributed by atoms with Gasteiger partial charge in [-0.25, -0.2) is 4.79 Å². The van der Waals surface area contributed by atoms with Gasteiger partial charge in [0.2, 0.25) is 0 Å². The van der Waals surface area contributed by atoms with E-state index in [1.165, 1.54) is 6.20 Å². The third-order valence-corrected chi connectivity index (χ3v) is 3.67. The highest BCUT2D eigenvalue weighted by Crippen LogP contribution is 2.07. The van der Waals surface area contributed by atoms with Gasteiger partial charge in [-0.15, -0.1) is 0 Å². The van der Waals surface area contributed by atoms with Gasteiger partial charge in [0, 0.05) is 36.3 Å². The van der Waals surface area contributed by atoms with E-state index < -0.39 is 11.2 Å². The van der Waals surface area contributed by atoms with Gasteiger partial charge in [-0.1, -0.05) is 12.1 Å². The zero-order valence-electron chi connectivity index (χ0n) is 13.4. The number of carbonyl (C=O) groups excluding carboxylic acids is 1. The molecule has 0 bridgehead atoms. The Kier molecular flexibility index (Phi) is 4.89. The Morgan fingerprint density at radius 2 is 2.12 bits per heavy atom. The largest absolute Gasteiger partial charge is 0.352 e. The van der Waals surface area contributed by atoms with Crippen molar-refractivity contribution >= 4 is 5.91 Å². The topological polar surface area (TPSA) is 113 Å². The average Bonchev–Trinajstić information content (AvgIpc) is 3.10. The summed E-state index contributed by atoms with van der Waals surface area (Å²) in [4.78, 5) is 39.4. The molecule has 3 aromatic rings. The maximum atomic E-state index is 12.3. The molecule has 8 heteroatoms. The molecule has 0 radical (unpaired) electrons. The Bertz CT molecular complexity index is 972. The van der Waals surface area contributed by atoms with Gasteiger partial charge >= 0.3 is 5.69 Å². The second kappa shape index (κ2) is 7.43. The monoisotopic (exact) mass is 339 g/mol. The normalized spacial score (nSPS) is 10.6. The average molecular weight is 339 g/mol. The first-order valence-corrected chi connectivity index (χ1v) is 7.77. The number of rotatable bonds is 6. The summed E-state index contributed by atoms with van der Waals surface area (Å²) in [6, 6.07) is 9.13. The quantitative estimate of drug-likeness (QED) is 0.599. The molecule has 0 unspecified atom stereocenters. The van der Waals surface area contributed by atoms with Crippen molar-refractivity contribution in [2.45, 2.75) is 13.0 Å². The fourth-order valence-corrected chi connectivity index (χ4v) is 2.43. The molecule has 2 aromatic heterocycles. The zero-order valence-corrected chi connectivity index (χ0v) is 13.4. The summed E-state index contributed by atoms with van der Waals surface area (Å²) in [5.74, 6) is -0.219. The molecule has 0 fully saturated rings. The number of hydrogen-bond acceptors (Lipinski definition) is 4. The van der Waals surface area contributed by atoms with E-state index in [0.29, 0.717) is 24.1 Å². The van der Waals surface area contributed by atoms with E-state index in [4.69, 9.17) is 0 Å². The van der Waals surface area contributed by atoms with Gasteiger partial charge < -0.3 is 10.3 Å². The van der Waals surface area contributed by atoms with E-state index in [1.54, 1.807) is 16.9 Å². The Morgan fingerprint density at radius 1 is 1.24 bits per heavy atom. The predicted octanol–water partition coefficient (Wildman–Crippen LogP) is 0.281. The molecule has 2 heterocycles. The Balaban J connectivity index is 1.59. The van der Waals surface area contributed by atoms with Crippen molar-refractivity contribution in [1.29, 1.82) is 0 Å². The standard InChI is InChI=1S/C17H17N5O3/c23-15(18-7-5-14-10-19-17(25)21-16(14)24)13-4-1-3-12(9-13)11-22-8-2-6-20-22/h1-4,6,8-10H,5,7,11H2,(H,18,23)(H2,19,21,24,25). The summed E-state index contributed by atoms with van der Waals surface area (Å²) in [6.45, 7) is 0.873. The van der Waals surface area contributed by atoms with Crippen molar-refractivity contribution in [1.82, 2.24) is 25.1 Å². The molecule has 0 saturated heterocycles. The molecule has 25 heavy (non-hydrogen) atoms. The molecular weight excluding hydrogens is 322 g/mol. The second-order valence-electron chi connectivity index (χ2n) is 5.51. The van der Waals surface area contributed by atoms with Gasteiger partial charge in [0.1, 0.15) is 0 Å². The lowest BCUT2D eigenvalue weighted by Crippen LogP contribution is -2.30.